The zero-order chi connectivity index (χ0) is 28.1. The molecule has 2 aliphatic rings. The van der Waals surface area contributed by atoms with E-state index in [2.05, 4.69) is 46.7 Å². The number of hydrogen-bond acceptors (Lipinski definition) is 4. The van der Waals surface area contributed by atoms with E-state index in [1.54, 1.807) is 6.33 Å². The van der Waals surface area contributed by atoms with E-state index in [1.807, 2.05) is 52.7 Å². The van der Waals surface area contributed by atoms with Gasteiger partial charge < -0.3 is 13.9 Å². The lowest BCUT2D eigenvalue weighted by molar-refractivity contribution is 0.321. The number of pyridine rings is 1. The molecule has 6 nitrogen and oxygen atoms in total. The van der Waals surface area contributed by atoms with Crippen LogP contribution in [0.5, 0.6) is 5.75 Å². The van der Waals surface area contributed by atoms with Gasteiger partial charge in [0.15, 0.2) is 0 Å². The van der Waals surface area contributed by atoms with Gasteiger partial charge in [0, 0.05) is 43.4 Å². The first-order valence-electron chi connectivity index (χ1n) is 14.0. The summed E-state index contributed by atoms with van der Waals surface area (Å²) >= 11 is 13.0. The minimum atomic E-state index is -0.833. The molecule has 5 aromatic rings. The first-order chi connectivity index (χ1) is 20.0. The molecule has 8 heteroatoms. The molecular weight excluding hydrogens is 555 g/mol. The first kappa shape index (κ1) is 26.3. The van der Waals surface area contributed by atoms with Crippen molar-refractivity contribution in [3.05, 3.63) is 117 Å². The van der Waals surface area contributed by atoms with Crippen molar-refractivity contribution in [3.63, 3.8) is 0 Å². The molecule has 0 saturated heterocycles. The molecule has 1 fully saturated rings. The molecule has 1 aliphatic carbocycles. The Labute approximate surface area is 248 Å². The average Bonchev–Trinajstić information content (AvgIpc) is 3.73. The number of halogens is 2. The van der Waals surface area contributed by atoms with Crippen molar-refractivity contribution >= 4 is 34.1 Å². The van der Waals surface area contributed by atoms with Crippen LogP contribution in [0.25, 0.3) is 22.0 Å². The van der Waals surface area contributed by atoms with Gasteiger partial charge >= 0.3 is 0 Å². The lowest BCUT2D eigenvalue weighted by atomic mass is 9.79. The van der Waals surface area contributed by atoms with Gasteiger partial charge in [0.1, 0.15) is 11.3 Å². The molecule has 3 heterocycles. The van der Waals surface area contributed by atoms with Gasteiger partial charge in [-0.25, -0.2) is 4.98 Å². The molecule has 41 heavy (non-hydrogen) atoms. The summed E-state index contributed by atoms with van der Waals surface area (Å²) in [5.41, 5.74) is 6.14. The predicted octanol–water partition coefficient (Wildman–Crippen LogP) is 6.45. The molecule has 7 rings (SSSR count). The third kappa shape index (κ3) is 4.45. The SMILES string of the molecule is Cn1cncc1C1(NCCCl)c2ccc(Cl)c(c2)OCCc2cccc(c2)-c2cc(=O)n(C3CC3)c3ccc1cc23. The van der Waals surface area contributed by atoms with E-state index >= 15 is 0 Å². The van der Waals surface area contributed by atoms with E-state index in [0.29, 0.717) is 36.2 Å². The highest BCUT2D eigenvalue weighted by Gasteiger charge is 2.40. The number of ether oxygens (including phenoxy) is 1. The molecule has 2 aromatic heterocycles. The zero-order valence-electron chi connectivity index (χ0n) is 22.7. The summed E-state index contributed by atoms with van der Waals surface area (Å²) in [5, 5.41) is 5.38. The second kappa shape index (κ2) is 10.4. The lowest BCUT2D eigenvalue weighted by Crippen LogP contribution is -2.46. The minimum absolute atomic E-state index is 0.0399. The van der Waals surface area contributed by atoms with E-state index in [4.69, 9.17) is 27.9 Å². The molecule has 208 valence electrons. The molecule has 1 unspecified atom stereocenters. The van der Waals surface area contributed by atoms with Gasteiger partial charge in [-0.15, -0.1) is 11.6 Å². The van der Waals surface area contributed by atoms with Gasteiger partial charge in [0.05, 0.1) is 35.4 Å². The molecule has 0 radical (unpaired) electrons. The van der Waals surface area contributed by atoms with Crippen LogP contribution in [0.1, 0.15) is 41.3 Å². The summed E-state index contributed by atoms with van der Waals surface area (Å²) < 4.78 is 10.3. The Hall–Kier alpha value is -3.58. The summed E-state index contributed by atoms with van der Waals surface area (Å²) in [5.74, 6) is 1.05. The van der Waals surface area contributed by atoms with Crippen LogP contribution in [0.2, 0.25) is 5.02 Å². The number of nitrogens with one attached hydrogen (secondary N) is 1. The molecule has 1 saturated carbocycles. The standard InChI is InChI=1S/C33H30Cl2N4O2/c1-38-20-36-19-31(38)33(37-13-12-34)23-6-10-29-27(16-23)26(18-32(40)39(29)25-7-8-25)22-4-2-3-21(15-22)11-14-41-30-17-24(33)5-9-28(30)35/h2-6,9-10,15-20,25,37H,7-8,11-14H2,1H3. The Kier molecular flexibility index (Phi) is 6.65. The van der Waals surface area contributed by atoms with Crippen molar-refractivity contribution in [1.82, 2.24) is 19.4 Å². The Bertz CT molecular complexity index is 1840. The zero-order valence-corrected chi connectivity index (χ0v) is 24.3. The monoisotopic (exact) mass is 584 g/mol. The van der Waals surface area contributed by atoms with Crippen LogP contribution >= 0.6 is 23.2 Å². The number of benzene rings is 3. The molecule has 1 atom stereocenters. The summed E-state index contributed by atoms with van der Waals surface area (Å²) in [6.07, 6.45) is 6.44. The quantitative estimate of drug-likeness (QED) is 0.241. The Morgan fingerprint density at radius 1 is 1.07 bits per heavy atom. The summed E-state index contributed by atoms with van der Waals surface area (Å²) in [4.78, 5) is 18.0. The lowest BCUT2D eigenvalue weighted by Gasteiger charge is -2.37. The fourth-order valence-electron chi connectivity index (χ4n) is 6.26. The van der Waals surface area contributed by atoms with Crippen molar-refractivity contribution in [3.8, 4) is 16.9 Å². The van der Waals surface area contributed by atoms with Crippen LogP contribution in [-0.2, 0) is 19.0 Å². The molecule has 3 aromatic carbocycles. The molecule has 1 N–H and O–H groups in total. The van der Waals surface area contributed by atoms with Crippen LogP contribution in [0.3, 0.4) is 0 Å². The maximum absolute atomic E-state index is 13.5. The van der Waals surface area contributed by atoms with E-state index in [-0.39, 0.29) is 11.6 Å². The van der Waals surface area contributed by atoms with Crippen LogP contribution in [0.4, 0.5) is 0 Å². The second-order valence-electron chi connectivity index (χ2n) is 10.9. The molecule has 0 amide bonds. The van der Waals surface area contributed by atoms with Gasteiger partial charge in [-0.3, -0.25) is 10.1 Å². The normalized spacial score (nSPS) is 18.3. The smallest absolute Gasteiger partial charge is 0.251 e. The van der Waals surface area contributed by atoms with Crippen molar-refractivity contribution in [1.29, 1.82) is 0 Å². The topological polar surface area (TPSA) is 61.1 Å². The van der Waals surface area contributed by atoms with Crippen LogP contribution < -0.4 is 15.6 Å². The van der Waals surface area contributed by atoms with Crippen molar-refractivity contribution in [2.24, 2.45) is 7.05 Å². The largest absolute Gasteiger partial charge is 0.492 e. The molecule has 1 aliphatic heterocycles. The number of fused-ring (bicyclic) bond motifs is 6. The number of alkyl halides is 1. The number of rotatable bonds is 5. The molecule has 0 spiro atoms. The van der Waals surface area contributed by atoms with E-state index in [1.165, 1.54) is 0 Å². The minimum Gasteiger partial charge on any atom is -0.492 e. The van der Waals surface area contributed by atoms with E-state index in [9.17, 15) is 4.79 Å². The molecular formula is C33H30Cl2N4O2. The number of nitrogens with zero attached hydrogens (tertiary/aromatic N) is 3. The highest BCUT2D eigenvalue weighted by Crippen LogP contribution is 2.43. The molecule has 6 bridgehead atoms. The van der Waals surface area contributed by atoms with Crippen LogP contribution in [0.15, 0.2) is 84.0 Å². The number of aryl methyl sites for hydroxylation is 1. The highest BCUT2D eigenvalue weighted by atomic mass is 35.5. The Morgan fingerprint density at radius 3 is 2.68 bits per heavy atom. The van der Waals surface area contributed by atoms with Crippen LogP contribution in [-0.4, -0.2) is 33.1 Å². The second-order valence-corrected chi connectivity index (χ2v) is 11.7. The number of hydrogen-bond donors (Lipinski definition) is 1. The highest BCUT2D eigenvalue weighted by molar-refractivity contribution is 6.32. The van der Waals surface area contributed by atoms with Gasteiger partial charge in [0.2, 0.25) is 0 Å². The summed E-state index contributed by atoms with van der Waals surface area (Å²) in [6.45, 7) is 1.00. The third-order valence-electron chi connectivity index (χ3n) is 8.33. The maximum Gasteiger partial charge on any atom is 0.251 e. The maximum atomic E-state index is 13.5. The van der Waals surface area contributed by atoms with Gasteiger partial charge in [-0.2, -0.15) is 0 Å². The predicted molar refractivity (Wildman–Crippen MR) is 164 cm³/mol. The van der Waals surface area contributed by atoms with Crippen molar-refractivity contribution in [2.45, 2.75) is 30.8 Å². The number of aromatic nitrogens is 3. The van der Waals surface area contributed by atoms with Gasteiger partial charge in [0.25, 0.3) is 5.56 Å². The number of imidazole rings is 1. The fourth-order valence-corrected chi connectivity index (χ4v) is 6.53. The van der Waals surface area contributed by atoms with Crippen molar-refractivity contribution < 1.29 is 4.74 Å². The Balaban J connectivity index is 1.61. The van der Waals surface area contributed by atoms with E-state index in [0.717, 1.165) is 57.3 Å². The fraction of sp³-hybridized carbons (Fsp3) is 0.273. The van der Waals surface area contributed by atoms with E-state index < -0.39 is 5.54 Å². The summed E-state index contributed by atoms with van der Waals surface area (Å²) in [6, 6.07) is 22.8. The third-order valence-corrected chi connectivity index (χ3v) is 8.83. The first-order valence-corrected chi connectivity index (χ1v) is 14.9. The van der Waals surface area contributed by atoms with Crippen molar-refractivity contribution in [2.75, 3.05) is 19.0 Å². The van der Waals surface area contributed by atoms with Crippen LogP contribution in [0, 0.1) is 0 Å². The van der Waals surface area contributed by atoms with Gasteiger partial charge in [-0.1, -0.05) is 48.0 Å². The van der Waals surface area contributed by atoms with Gasteiger partial charge in [-0.05, 0) is 64.9 Å². The summed E-state index contributed by atoms with van der Waals surface area (Å²) in [7, 11) is 1.99. The Morgan fingerprint density at radius 2 is 1.90 bits per heavy atom. The average molecular weight is 586 g/mol.